The summed E-state index contributed by atoms with van der Waals surface area (Å²) < 4.78 is 5.21. The second-order valence-electron chi connectivity index (χ2n) is 10.5. The zero-order valence-electron chi connectivity index (χ0n) is 21.6. The fourth-order valence-corrected chi connectivity index (χ4v) is 6.87. The Morgan fingerprint density at radius 2 is 1.29 bits per heavy atom. The molecule has 0 aromatic heterocycles. The number of carbonyl (C=O) groups is 4. The third kappa shape index (κ3) is 4.04. The molecule has 202 valence electrons. The zero-order valence-corrected chi connectivity index (χ0v) is 22.4. The van der Waals surface area contributed by atoms with E-state index in [0.29, 0.717) is 16.4 Å². The molecule has 8 rings (SSSR count). The summed E-state index contributed by atoms with van der Waals surface area (Å²) in [6, 6.07) is 28.9. The van der Waals surface area contributed by atoms with Gasteiger partial charge in [0.05, 0.1) is 23.1 Å². The Morgan fingerprint density at radius 1 is 0.732 bits per heavy atom. The van der Waals surface area contributed by atoms with Gasteiger partial charge in [-0.1, -0.05) is 72.3 Å². The number of benzene rings is 4. The van der Waals surface area contributed by atoms with E-state index in [1.165, 1.54) is 17.0 Å². The van der Waals surface area contributed by atoms with E-state index in [1.807, 2.05) is 24.3 Å². The number of imide groups is 1. The molecule has 3 aliphatic carbocycles. The van der Waals surface area contributed by atoms with E-state index in [4.69, 9.17) is 16.3 Å². The molecule has 4 aliphatic rings. The number of hydrogen-bond donors (Lipinski definition) is 1. The lowest BCUT2D eigenvalue weighted by Gasteiger charge is -2.45. The lowest BCUT2D eigenvalue weighted by atomic mass is 9.55. The van der Waals surface area contributed by atoms with Crippen LogP contribution in [0.2, 0.25) is 5.02 Å². The lowest BCUT2D eigenvalue weighted by molar-refractivity contribution is -0.122. The molecule has 8 heteroatoms. The van der Waals surface area contributed by atoms with Crippen molar-refractivity contribution >= 4 is 46.7 Å². The number of carbonyl (C=O) groups excluding carboxylic acids is 4. The van der Waals surface area contributed by atoms with Crippen molar-refractivity contribution in [1.29, 1.82) is 0 Å². The molecule has 41 heavy (non-hydrogen) atoms. The highest BCUT2D eigenvalue weighted by Gasteiger charge is 2.61. The first-order chi connectivity index (χ1) is 19.9. The van der Waals surface area contributed by atoms with Crippen LogP contribution in [0.1, 0.15) is 44.4 Å². The van der Waals surface area contributed by atoms with Gasteiger partial charge in [-0.15, -0.1) is 0 Å². The molecule has 1 fully saturated rings. The minimum Gasteiger partial charge on any atom is -0.452 e. The van der Waals surface area contributed by atoms with Gasteiger partial charge in [0.15, 0.2) is 6.61 Å². The summed E-state index contributed by atoms with van der Waals surface area (Å²) in [7, 11) is 0. The van der Waals surface area contributed by atoms with Gasteiger partial charge in [-0.05, 0) is 58.7 Å². The molecule has 3 amide bonds. The summed E-state index contributed by atoms with van der Waals surface area (Å²) in [6.07, 6.45) is 0. The number of ether oxygens (including phenoxy) is 1. The third-order valence-corrected chi connectivity index (χ3v) is 8.47. The van der Waals surface area contributed by atoms with Crippen LogP contribution in [0.3, 0.4) is 0 Å². The predicted octanol–water partition coefficient (Wildman–Crippen LogP) is 5.53. The summed E-state index contributed by atoms with van der Waals surface area (Å²) in [6.45, 7) is -0.513. The number of hydrogen-bond acceptors (Lipinski definition) is 5. The van der Waals surface area contributed by atoms with Crippen molar-refractivity contribution in [2.75, 3.05) is 16.8 Å². The first-order valence-corrected chi connectivity index (χ1v) is 13.7. The molecule has 4 aromatic carbocycles. The van der Waals surface area contributed by atoms with E-state index in [2.05, 4.69) is 29.6 Å². The van der Waals surface area contributed by atoms with Crippen molar-refractivity contribution in [2.45, 2.75) is 11.8 Å². The topological polar surface area (TPSA) is 92.8 Å². The Kier molecular flexibility index (Phi) is 5.98. The van der Waals surface area contributed by atoms with Crippen LogP contribution in [0.4, 0.5) is 11.4 Å². The number of halogens is 1. The second kappa shape index (κ2) is 9.71. The van der Waals surface area contributed by atoms with Gasteiger partial charge in [-0.3, -0.25) is 14.4 Å². The maximum absolute atomic E-state index is 14.0. The zero-order chi connectivity index (χ0) is 28.2. The largest absolute Gasteiger partial charge is 0.452 e. The molecule has 1 heterocycles. The van der Waals surface area contributed by atoms with Gasteiger partial charge in [0.25, 0.3) is 5.91 Å². The second-order valence-corrected chi connectivity index (χ2v) is 10.9. The Balaban J connectivity index is 1.14. The van der Waals surface area contributed by atoms with Gasteiger partial charge in [-0.2, -0.15) is 0 Å². The Hall–Kier alpha value is -4.75. The number of amides is 3. The van der Waals surface area contributed by atoms with Gasteiger partial charge in [-0.25, -0.2) is 9.69 Å². The highest BCUT2D eigenvalue weighted by atomic mass is 35.5. The van der Waals surface area contributed by atoms with Crippen LogP contribution in [0, 0.1) is 11.8 Å². The van der Waals surface area contributed by atoms with E-state index < -0.39 is 30.3 Å². The predicted molar refractivity (Wildman–Crippen MR) is 153 cm³/mol. The quantitative estimate of drug-likeness (QED) is 0.255. The molecule has 0 radical (unpaired) electrons. The van der Waals surface area contributed by atoms with E-state index in [0.717, 1.165) is 22.3 Å². The summed E-state index contributed by atoms with van der Waals surface area (Å²) >= 11 is 5.94. The van der Waals surface area contributed by atoms with Crippen LogP contribution < -0.4 is 10.2 Å². The molecule has 0 unspecified atom stereocenters. The number of esters is 1. The van der Waals surface area contributed by atoms with Crippen LogP contribution in [0.25, 0.3) is 0 Å². The molecule has 2 bridgehead atoms. The maximum Gasteiger partial charge on any atom is 0.338 e. The molecule has 1 aliphatic heterocycles. The molecule has 0 spiro atoms. The van der Waals surface area contributed by atoms with Crippen molar-refractivity contribution in [3.05, 3.63) is 130 Å². The smallest absolute Gasteiger partial charge is 0.338 e. The molecule has 1 saturated heterocycles. The van der Waals surface area contributed by atoms with E-state index in [1.54, 1.807) is 36.4 Å². The van der Waals surface area contributed by atoms with E-state index >= 15 is 0 Å². The fourth-order valence-electron chi connectivity index (χ4n) is 6.68. The average molecular weight is 563 g/mol. The number of nitrogens with one attached hydrogen (secondary N) is 1. The van der Waals surface area contributed by atoms with Crippen molar-refractivity contribution < 1.29 is 23.9 Å². The molecule has 7 nitrogen and oxygen atoms in total. The molecular formula is C33H23ClN2O5. The van der Waals surface area contributed by atoms with Crippen LogP contribution >= 0.6 is 11.6 Å². The van der Waals surface area contributed by atoms with Crippen LogP contribution in [-0.4, -0.2) is 30.3 Å². The van der Waals surface area contributed by atoms with Crippen LogP contribution in [0.15, 0.2) is 97.1 Å². The molecular weight excluding hydrogens is 540 g/mol. The lowest BCUT2D eigenvalue weighted by Crippen LogP contribution is -2.41. The maximum atomic E-state index is 14.0. The van der Waals surface area contributed by atoms with Crippen molar-refractivity contribution in [3.8, 4) is 0 Å². The minimum absolute atomic E-state index is 0.128. The summed E-state index contributed by atoms with van der Waals surface area (Å²) in [5.41, 5.74) is 5.28. The molecule has 2 atom stereocenters. The monoisotopic (exact) mass is 562 g/mol. The summed E-state index contributed by atoms with van der Waals surface area (Å²) in [5, 5.41) is 3.08. The van der Waals surface area contributed by atoms with Crippen LogP contribution in [-0.2, 0) is 19.1 Å². The normalized spacial score (nSPS) is 21.6. The fraction of sp³-hybridized carbons (Fsp3) is 0.152. The number of anilines is 2. The van der Waals surface area contributed by atoms with Crippen molar-refractivity contribution in [3.63, 3.8) is 0 Å². The number of nitrogens with zero attached hydrogens (tertiary/aromatic N) is 1. The van der Waals surface area contributed by atoms with Crippen molar-refractivity contribution in [2.24, 2.45) is 11.8 Å². The minimum atomic E-state index is -0.746. The highest BCUT2D eigenvalue weighted by molar-refractivity contribution is 6.31. The van der Waals surface area contributed by atoms with Gasteiger partial charge in [0.1, 0.15) is 0 Å². The Labute approximate surface area is 240 Å². The van der Waals surface area contributed by atoms with Gasteiger partial charge >= 0.3 is 5.97 Å². The van der Waals surface area contributed by atoms with Gasteiger partial charge in [0, 0.05) is 22.5 Å². The number of rotatable bonds is 5. The van der Waals surface area contributed by atoms with Gasteiger partial charge < -0.3 is 10.1 Å². The molecule has 1 N–H and O–H groups in total. The van der Waals surface area contributed by atoms with Crippen molar-refractivity contribution in [1.82, 2.24) is 0 Å². The molecule has 4 aromatic rings. The first kappa shape index (κ1) is 25.2. The first-order valence-electron chi connectivity index (χ1n) is 13.3. The standard InChI is InChI=1S/C33H23ClN2O5/c34-19-8-6-9-20(16-19)35-26(37)17-41-33(40)18-7-5-10-21(15-18)36-31(38)29-27-22-11-1-2-12-23(22)28(30(29)32(36)39)25-14-4-3-13-24(25)27/h1-16,27-30H,17H2,(H,35,37)/t27?,28?,29-,30-/m0/s1. The summed E-state index contributed by atoms with van der Waals surface area (Å²) in [5.74, 6) is -3.30. The van der Waals surface area contributed by atoms with E-state index in [-0.39, 0.29) is 29.2 Å². The average Bonchev–Trinajstić information content (AvgIpc) is 3.26. The van der Waals surface area contributed by atoms with Gasteiger partial charge in [0.2, 0.25) is 11.8 Å². The van der Waals surface area contributed by atoms with E-state index in [9.17, 15) is 19.2 Å². The third-order valence-electron chi connectivity index (χ3n) is 8.23. The Bertz CT molecular complexity index is 1650. The molecule has 0 saturated carbocycles. The Morgan fingerprint density at radius 3 is 1.85 bits per heavy atom. The van der Waals surface area contributed by atoms with Crippen LogP contribution in [0.5, 0.6) is 0 Å². The SMILES string of the molecule is O=C(COC(=O)c1cccc(N2C(=O)[C@H]3C4c5ccccc5C(c5ccccc54)[C@@H]3C2=O)c1)Nc1cccc(Cl)c1. The highest BCUT2D eigenvalue weighted by Crippen LogP contribution is 2.61. The summed E-state index contributed by atoms with van der Waals surface area (Å²) in [4.78, 5) is 54.3.